The minimum Gasteiger partial charge on any atom is -0.328 e. The van der Waals surface area contributed by atoms with E-state index in [-0.39, 0.29) is 30.2 Å². The average molecular weight is 339 g/mol. The second kappa shape index (κ2) is 7.10. The summed E-state index contributed by atoms with van der Waals surface area (Å²) in [6.07, 6.45) is 0. The van der Waals surface area contributed by atoms with Gasteiger partial charge in [0.15, 0.2) is 0 Å². The molecule has 1 aliphatic heterocycles. The number of nitrogens with one attached hydrogen (secondary N) is 1. The second-order valence-electron chi connectivity index (χ2n) is 5.57. The van der Waals surface area contributed by atoms with Gasteiger partial charge in [-0.2, -0.15) is 5.10 Å². The van der Waals surface area contributed by atoms with Gasteiger partial charge in [0.2, 0.25) is 0 Å². The van der Waals surface area contributed by atoms with Crippen molar-refractivity contribution in [2.75, 3.05) is 19.6 Å². The van der Waals surface area contributed by atoms with Crippen molar-refractivity contribution in [1.29, 1.82) is 0 Å². The summed E-state index contributed by atoms with van der Waals surface area (Å²) in [7, 11) is 1.76. The highest BCUT2D eigenvalue weighted by molar-refractivity contribution is 5.93. The molecule has 1 fully saturated rings. The number of rotatable bonds is 2. The van der Waals surface area contributed by atoms with Crippen molar-refractivity contribution in [3.63, 3.8) is 0 Å². The molecule has 0 spiro atoms. The molecule has 3 rings (SSSR count). The summed E-state index contributed by atoms with van der Waals surface area (Å²) in [5.74, 6) is -0.356. The fourth-order valence-electron chi connectivity index (χ4n) is 2.92. The number of hydrogen-bond donors (Lipinski definition) is 1. The number of hydrogen-bond acceptors (Lipinski definition) is 3. The fraction of sp³-hybridized carbons (Fsp3) is 0.375. The van der Waals surface area contributed by atoms with E-state index in [1.54, 1.807) is 28.8 Å². The van der Waals surface area contributed by atoms with Gasteiger partial charge in [0.05, 0.1) is 11.7 Å². The number of nitrogens with zero attached hydrogens (tertiary/aromatic N) is 3. The Morgan fingerprint density at radius 1 is 1.39 bits per heavy atom. The van der Waals surface area contributed by atoms with Gasteiger partial charge >= 0.3 is 0 Å². The second-order valence-corrected chi connectivity index (χ2v) is 5.57. The molecule has 23 heavy (non-hydrogen) atoms. The highest BCUT2D eigenvalue weighted by Crippen LogP contribution is 2.24. The molecule has 1 amide bonds. The lowest BCUT2D eigenvalue weighted by molar-refractivity contribution is 0.0622. The zero-order valence-corrected chi connectivity index (χ0v) is 13.9. The Hall–Kier alpha value is -1.92. The standard InChI is InChI=1S/C16H19FN4O.ClH/c1-11-8-14(20(2)19-11)16(22)21-7-6-18-10-15(21)12-4-3-5-13(17)9-12;/h3-5,8-9,15,18H,6-7,10H2,1-2H3;1H. The van der Waals surface area contributed by atoms with E-state index in [2.05, 4.69) is 10.4 Å². The van der Waals surface area contributed by atoms with Crippen LogP contribution in [0, 0.1) is 12.7 Å². The molecule has 1 aliphatic rings. The summed E-state index contributed by atoms with van der Waals surface area (Å²) < 4.78 is 15.1. The number of piperazine rings is 1. The number of aryl methyl sites for hydroxylation is 2. The quantitative estimate of drug-likeness (QED) is 0.912. The predicted octanol–water partition coefficient (Wildman–Crippen LogP) is 2.08. The molecule has 1 atom stereocenters. The normalized spacial score (nSPS) is 17.7. The SMILES string of the molecule is Cc1cc(C(=O)N2CCNCC2c2cccc(F)c2)n(C)n1.Cl. The topological polar surface area (TPSA) is 50.2 Å². The van der Waals surface area contributed by atoms with Crippen LogP contribution >= 0.6 is 12.4 Å². The predicted molar refractivity (Wildman–Crippen MR) is 88.2 cm³/mol. The minimum absolute atomic E-state index is 0. The summed E-state index contributed by atoms with van der Waals surface area (Å²) in [6, 6.07) is 8.05. The zero-order valence-electron chi connectivity index (χ0n) is 13.1. The van der Waals surface area contributed by atoms with E-state index in [9.17, 15) is 9.18 Å². The third kappa shape index (κ3) is 3.54. The van der Waals surface area contributed by atoms with E-state index >= 15 is 0 Å². The summed E-state index contributed by atoms with van der Waals surface area (Å²) >= 11 is 0. The largest absolute Gasteiger partial charge is 0.328 e. The first-order valence-electron chi connectivity index (χ1n) is 7.34. The molecule has 124 valence electrons. The van der Waals surface area contributed by atoms with E-state index in [0.29, 0.717) is 18.8 Å². The number of benzene rings is 1. The molecule has 2 heterocycles. The molecular formula is C16H20ClFN4O. The van der Waals surface area contributed by atoms with Crippen LogP contribution in [0.4, 0.5) is 4.39 Å². The van der Waals surface area contributed by atoms with Gasteiger partial charge in [0.1, 0.15) is 11.5 Å². The molecule has 2 aromatic rings. The molecule has 5 nitrogen and oxygen atoms in total. The van der Waals surface area contributed by atoms with Gasteiger partial charge in [-0.25, -0.2) is 4.39 Å². The summed E-state index contributed by atoms with van der Waals surface area (Å²) in [6.45, 7) is 3.79. The van der Waals surface area contributed by atoms with Crippen molar-refractivity contribution in [3.8, 4) is 0 Å². The molecule has 1 aromatic heterocycles. The van der Waals surface area contributed by atoms with Crippen LogP contribution in [-0.4, -0.2) is 40.2 Å². The van der Waals surface area contributed by atoms with Crippen LogP contribution < -0.4 is 5.32 Å². The van der Waals surface area contributed by atoms with Crippen molar-refractivity contribution in [2.45, 2.75) is 13.0 Å². The van der Waals surface area contributed by atoms with Crippen molar-refractivity contribution < 1.29 is 9.18 Å². The first kappa shape index (κ1) is 17.4. The van der Waals surface area contributed by atoms with Crippen LogP contribution in [-0.2, 0) is 7.05 Å². The van der Waals surface area contributed by atoms with Gasteiger partial charge in [-0.3, -0.25) is 9.48 Å². The van der Waals surface area contributed by atoms with Crippen molar-refractivity contribution in [3.05, 3.63) is 53.1 Å². The molecule has 0 saturated carbocycles. The highest BCUT2D eigenvalue weighted by atomic mass is 35.5. The lowest BCUT2D eigenvalue weighted by Gasteiger charge is -2.36. The third-order valence-corrected chi connectivity index (χ3v) is 3.96. The number of carbonyl (C=O) groups is 1. The molecule has 0 bridgehead atoms. The number of carbonyl (C=O) groups excluding carboxylic acids is 1. The van der Waals surface area contributed by atoms with Crippen molar-refractivity contribution in [1.82, 2.24) is 20.0 Å². The van der Waals surface area contributed by atoms with Gasteiger partial charge in [0, 0.05) is 26.7 Å². The third-order valence-electron chi connectivity index (χ3n) is 3.96. The first-order chi connectivity index (χ1) is 10.6. The number of amides is 1. The zero-order chi connectivity index (χ0) is 15.7. The Kier molecular flexibility index (Phi) is 5.38. The highest BCUT2D eigenvalue weighted by Gasteiger charge is 2.30. The van der Waals surface area contributed by atoms with Crippen molar-refractivity contribution >= 4 is 18.3 Å². The van der Waals surface area contributed by atoms with Crippen LogP contribution in [0.3, 0.4) is 0 Å². The monoisotopic (exact) mass is 338 g/mol. The van der Waals surface area contributed by atoms with Crippen LogP contribution in [0.25, 0.3) is 0 Å². The van der Waals surface area contributed by atoms with Crippen molar-refractivity contribution in [2.24, 2.45) is 7.05 Å². The lowest BCUT2D eigenvalue weighted by atomic mass is 10.0. The molecule has 1 saturated heterocycles. The smallest absolute Gasteiger partial charge is 0.272 e. The van der Waals surface area contributed by atoms with Gasteiger partial charge < -0.3 is 10.2 Å². The molecule has 0 radical (unpaired) electrons. The van der Waals surface area contributed by atoms with E-state index in [0.717, 1.165) is 17.8 Å². The van der Waals surface area contributed by atoms with Crippen LogP contribution in [0.5, 0.6) is 0 Å². The maximum atomic E-state index is 13.5. The molecular weight excluding hydrogens is 319 g/mol. The van der Waals surface area contributed by atoms with E-state index in [1.165, 1.54) is 12.1 Å². The van der Waals surface area contributed by atoms with Crippen LogP contribution in [0.1, 0.15) is 27.8 Å². The number of aromatic nitrogens is 2. The maximum absolute atomic E-state index is 13.5. The fourth-order valence-corrected chi connectivity index (χ4v) is 2.92. The van der Waals surface area contributed by atoms with Gasteiger partial charge in [0.25, 0.3) is 5.91 Å². The maximum Gasteiger partial charge on any atom is 0.272 e. The first-order valence-corrected chi connectivity index (χ1v) is 7.34. The lowest BCUT2D eigenvalue weighted by Crippen LogP contribution is -2.49. The molecule has 0 aliphatic carbocycles. The summed E-state index contributed by atoms with van der Waals surface area (Å²) in [5, 5.41) is 7.50. The van der Waals surface area contributed by atoms with E-state index < -0.39 is 0 Å². The molecule has 1 aromatic carbocycles. The average Bonchev–Trinajstić information content (AvgIpc) is 2.85. The summed E-state index contributed by atoms with van der Waals surface area (Å²) in [5.41, 5.74) is 2.17. The van der Waals surface area contributed by atoms with Crippen LogP contribution in [0.15, 0.2) is 30.3 Å². The van der Waals surface area contributed by atoms with Gasteiger partial charge in [-0.1, -0.05) is 12.1 Å². The minimum atomic E-state index is -0.285. The Bertz CT molecular complexity index is 703. The molecule has 1 unspecified atom stereocenters. The number of halogens is 2. The van der Waals surface area contributed by atoms with E-state index in [1.807, 2.05) is 13.0 Å². The van der Waals surface area contributed by atoms with Gasteiger partial charge in [-0.15, -0.1) is 12.4 Å². The summed E-state index contributed by atoms with van der Waals surface area (Å²) in [4.78, 5) is 14.6. The Labute approximate surface area is 140 Å². The Morgan fingerprint density at radius 3 is 2.83 bits per heavy atom. The van der Waals surface area contributed by atoms with E-state index in [4.69, 9.17) is 0 Å². The Morgan fingerprint density at radius 2 is 2.17 bits per heavy atom. The molecule has 7 heteroatoms. The van der Waals surface area contributed by atoms with Crippen LogP contribution in [0.2, 0.25) is 0 Å². The Balaban J connectivity index is 0.00000192. The molecule has 1 N–H and O–H groups in total. The van der Waals surface area contributed by atoms with Gasteiger partial charge in [-0.05, 0) is 30.7 Å².